The lowest BCUT2D eigenvalue weighted by Gasteiger charge is -2.40. The fourth-order valence-corrected chi connectivity index (χ4v) is 7.76. The monoisotopic (exact) mass is 774 g/mol. The third-order valence-electron chi connectivity index (χ3n) is 11.0. The zero-order chi connectivity index (χ0) is 41.4. The summed E-state index contributed by atoms with van der Waals surface area (Å²) in [5.74, 6) is 3.99. The third kappa shape index (κ3) is 13.5. The minimum absolute atomic E-state index is 0.0145. The number of aliphatic imine (C=N–C) groups is 1. The van der Waals surface area contributed by atoms with Crippen molar-refractivity contribution in [3.8, 4) is 0 Å². The number of guanidine groups is 1. The molecule has 0 saturated carbocycles. The summed E-state index contributed by atoms with van der Waals surface area (Å²) in [6.45, 7) is 10.8. The number of nitrogens with zero attached hydrogens (tertiary/aromatic N) is 5. The van der Waals surface area contributed by atoms with Gasteiger partial charge in [0.25, 0.3) is 0 Å². The van der Waals surface area contributed by atoms with Crippen molar-refractivity contribution in [3.63, 3.8) is 0 Å². The van der Waals surface area contributed by atoms with Gasteiger partial charge in [-0.3, -0.25) is 19.2 Å². The summed E-state index contributed by atoms with van der Waals surface area (Å²) in [5.41, 5.74) is 0.948. The van der Waals surface area contributed by atoms with Crippen LogP contribution in [0.1, 0.15) is 72.3 Å². The number of hydrogen-bond acceptors (Lipinski definition) is 9. The molecule has 1 heterocycles. The van der Waals surface area contributed by atoms with Crippen molar-refractivity contribution >= 4 is 29.5 Å². The van der Waals surface area contributed by atoms with Gasteiger partial charge in [0.15, 0.2) is 5.96 Å². The molecule has 1 fully saturated rings. The number of rotatable bonds is 22. The normalized spacial score (nSPS) is 18.1. The number of ketones is 1. The quantitative estimate of drug-likeness (QED) is 0.0776. The molecule has 1 aliphatic heterocycles. The van der Waals surface area contributed by atoms with Crippen molar-refractivity contribution < 1.29 is 33.5 Å². The van der Waals surface area contributed by atoms with E-state index in [-0.39, 0.29) is 67.4 Å². The van der Waals surface area contributed by atoms with E-state index in [0.717, 1.165) is 18.4 Å². The lowest BCUT2D eigenvalue weighted by molar-refractivity contribution is -0.146. The van der Waals surface area contributed by atoms with Gasteiger partial charge >= 0.3 is 0 Å². The Hall–Kier alpha value is -3.59. The summed E-state index contributed by atoms with van der Waals surface area (Å²) in [6.07, 6.45) is 1.51. The molecule has 14 heteroatoms. The van der Waals surface area contributed by atoms with Gasteiger partial charge in [0.2, 0.25) is 17.7 Å². The SMILES string of the molecule is CC[C@H](C)[C@@H]([C@@H](CC(=O)N1CCC[C@H]1[C@H](OC)[C@@H](C)C(=O)C[C@@H](Cc1ccccc1)C(=O)NCCON)OC)N(C)C(=O)[C@@H](N=C(N(C)C)N(C)C)C(C)C. The molecule has 0 radical (unpaired) electrons. The summed E-state index contributed by atoms with van der Waals surface area (Å²) >= 11 is 0. The minimum Gasteiger partial charge on any atom is -0.379 e. The molecule has 0 bridgehead atoms. The fourth-order valence-electron chi connectivity index (χ4n) is 7.76. The summed E-state index contributed by atoms with van der Waals surface area (Å²) in [7, 11) is 12.6. The van der Waals surface area contributed by atoms with Gasteiger partial charge in [0.05, 0.1) is 37.3 Å². The fraction of sp³-hybridized carbons (Fsp3) is 0.732. The number of benzene rings is 1. The van der Waals surface area contributed by atoms with Crippen molar-refractivity contribution in [3.05, 3.63) is 35.9 Å². The largest absolute Gasteiger partial charge is 0.379 e. The Morgan fingerprint density at radius 2 is 1.60 bits per heavy atom. The first-order valence-corrected chi connectivity index (χ1v) is 19.7. The van der Waals surface area contributed by atoms with Gasteiger partial charge < -0.3 is 39.2 Å². The molecule has 55 heavy (non-hydrogen) atoms. The number of amides is 3. The summed E-state index contributed by atoms with van der Waals surface area (Å²) in [6, 6.07) is 8.23. The van der Waals surface area contributed by atoms with E-state index in [1.165, 1.54) is 0 Å². The van der Waals surface area contributed by atoms with E-state index < -0.39 is 36.1 Å². The zero-order valence-corrected chi connectivity index (χ0v) is 35.6. The van der Waals surface area contributed by atoms with Gasteiger partial charge in [-0.2, -0.15) is 0 Å². The molecule has 312 valence electrons. The first kappa shape index (κ1) is 47.6. The first-order chi connectivity index (χ1) is 26.0. The summed E-state index contributed by atoms with van der Waals surface area (Å²) in [4.78, 5) is 72.5. The van der Waals surface area contributed by atoms with Gasteiger partial charge in [-0.25, -0.2) is 10.9 Å². The number of Topliss-reactive ketones (excluding diaryl/α,β-unsaturated/α-hetero) is 1. The molecule has 0 spiro atoms. The molecule has 3 N–H and O–H groups in total. The van der Waals surface area contributed by atoms with Crippen molar-refractivity contribution in [1.29, 1.82) is 0 Å². The predicted molar refractivity (Wildman–Crippen MR) is 216 cm³/mol. The average Bonchev–Trinajstić information content (AvgIpc) is 3.64. The maximum Gasteiger partial charge on any atom is 0.247 e. The molecule has 1 aromatic carbocycles. The molecule has 1 saturated heterocycles. The Labute approximate surface area is 330 Å². The molecule has 2 rings (SSSR count). The van der Waals surface area contributed by atoms with Crippen LogP contribution in [0.4, 0.5) is 0 Å². The third-order valence-corrected chi connectivity index (χ3v) is 11.0. The van der Waals surface area contributed by atoms with E-state index in [9.17, 15) is 19.2 Å². The first-order valence-electron chi connectivity index (χ1n) is 19.7. The summed E-state index contributed by atoms with van der Waals surface area (Å²) < 4.78 is 12.1. The Morgan fingerprint density at radius 3 is 2.13 bits per heavy atom. The lowest BCUT2D eigenvalue weighted by Crippen LogP contribution is -2.55. The Morgan fingerprint density at radius 1 is 0.964 bits per heavy atom. The number of methoxy groups -OCH3 is 2. The van der Waals surface area contributed by atoms with Crippen LogP contribution in [0.25, 0.3) is 0 Å². The van der Waals surface area contributed by atoms with Gasteiger partial charge in [0.1, 0.15) is 11.8 Å². The highest BCUT2D eigenvalue weighted by Gasteiger charge is 2.43. The van der Waals surface area contributed by atoms with Crippen molar-refractivity contribution in [2.45, 2.75) is 103 Å². The van der Waals surface area contributed by atoms with Crippen LogP contribution in [0.5, 0.6) is 0 Å². The molecule has 8 atom stereocenters. The smallest absolute Gasteiger partial charge is 0.247 e. The van der Waals surface area contributed by atoms with Crippen LogP contribution in [0.15, 0.2) is 35.3 Å². The van der Waals surface area contributed by atoms with E-state index in [1.807, 2.05) is 94.0 Å². The van der Waals surface area contributed by atoms with E-state index >= 15 is 0 Å². The van der Waals surface area contributed by atoms with Crippen molar-refractivity contribution in [2.75, 3.05) is 69.2 Å². The topological polar surface area (TPSA) is 159 Å². The predicted octanol–water partition coefficient (Wildman–Crippen LogP) is 3.24. The Kier molecular flexibility index (Phi) is 20.3. The highest BCUT2D eigenvalue weighted by molar-refractivity contribution is 5.89. The molecule has 0 unspecified atom stereocenters. The van der Waals surface area contributed by atoms with Crippen LogP contribution in [0.3, 0.4) is 0 Å². The van der Waals surface area contributed by atoms with Gasteiger partial charge in [0, 0.05) is 80.8 Å². The van der Waals surface area contributed by atoms with Crippen LogP contribution in [0.2, 0.25) is 0 Å². The molecule has 14 nitrogen and oxygen atoms in total. The zero-order valence-electron chi connectivity index (χ0n) is 35.6. The molecular formula is C41H71N7O7. The second-order valence-corrected chi connectivity index (χ2v) is 15.7. The number of likely N-dealkylation sites (tertiary alicyclic amines) is 1. The van der Waals surface area contributed by atoms with Crippen molar-refractivity contribution in [2.24, 2.45) is 34.6 Å². The van der Waals surface area contributed by atoms with Crippen LogP contribution in [-0.2, 0) is 39.9 Å². The maximum atomic E-state index is 14.3. The van der Waals surface area contributed by atoms with E-state index in [4.69, 9.17) is 20.4 Å². The number of carbonyl (C=O) groups is 4. The second kappa shape index (κ2) is 23.5. The highest BCUT2D eigenvalue weighted by Crippen LogP contribution is 2.31. The molecular weight excluding hydrogens is 702 g/mol. The number of nitrogens with two attached hydrogens (primary N) is 1. The van der Waals surface area contributed by atoms with Gasteiger partial charge in [-0.05, 0) is 36.7 Å². The standard InChI is InChI=1S/C41H71N7O7/c1-13-28(4)37(47(10)40(52)36(27(2)3)44-41(45(6)7)46(8)9)34(53-11)26-35(50)48-22-17-20-32(48)38(54-12)29(5)33(49)25-31(39(51)43-21-23-55-42)24-30-18-15-14-16-19-30/h14-16,18-19,27-29,31-32,34,36-38H,13,17,20-26,42H2,1-12H3,(H,43,51)/t28-,29-,31+,32-,34+,36-,37-,38+/m0/s1. The van der Waals surface area contributed by atoms with E-state index in [2.05, 4.69) is 24.0 Å². The van der Waals surface area contributed by atoms with Crippen molar-refractivity contribution in [1.82, 2.24) is 24.9 Å². The molecule has 1 aliphatic rings. The van der Waals surface area contributed by atoms with Crippen LogP contribution >= 0.6 is 0 Å². The number of carbonyl (C=O) groups excluding carboxylic acids is 4. The molecule has 3 amide bonds. The van der Waals surface area contributed by atoms with E-state index in [0.29, 0.717) is 25.3 Å². The van der Waals surface area contributed by atoms with E-state index in [1.54, 1.807) is 26.2 Å². The highest BCUT2D eigenvalue weighted by atomic mass is 16.6. The Bertz CT molecular complexity index is 1370. The molecule has 0 aromatic heterocycles. The number of nitrogens with one attached hydrogen (secondary N) is 1. The van der Waals surface area contributed by atoms with Crippen LogP contribution in [0, 0.1) is 23.7 Å². The van der Waals surface area contributed by atoms with Crippen LogP contribution < -0.4 is 11.2 Å². The Balaban J connectivity index is 2.31. The average molecular weight is 774 g/mol. The number of ether oxygens (including phenoxy) is 2. The minimum atomic E-state index is -0.632. The summed E-state index contributed by atoms with van der Waals surface area (Å²) in [5, 5.41) is 2.83. The molecule has 1 aromatic rings. The van der Waals surface area contributed by atoms with Gasteiger partial charge in [-0.1, -0.05) is 71.4 Å². The number of hydrogen-bond donors (Lipinski definition) is 2. The molecule has 0 aliphatic carbocycles. The maximum absolute atomic E-state index is 14.3. The second-order valence-electron chi connectivity index (χ2n) is 15.7. The lowest BCUT2D eigenvalue weighted by atomic mass is 9.85. The van der Waals surface area contributed by atoms with Gasteiger partial charge in [-0.15, -0.1) is 0 Å². The van der Waals surface area contributed by atoms with Crippen LogP contribution in [-0.4, -0.2) is 149 Å². The number of likely N-dealkylation sites (N-methyl/N-ethyl adjacent to an activating group) is 1.